The molecule has 0 bridgehead atoms. The van der Waals surface area contributed by atoms with Crippen LogP contribution in [0.2, 0.25) is 0 Å². The topological polar surface area (TPSA) is 120 Å². The van der Waals surface area contributed by atoms with Crippen LogP contribution >= 0.6 is 0 Å². The summed E-state index contributed by atoms with van der Waals surface area (Å²) in [6.07, 6.45) is 0.570. The number of carbonyl (C=O) groups is 1. The standard InChI is InChI=1S/C22H16N6O2/c29-22(30)17-6-3-7-18-20(17)24-19(23-18)12-13-8-10-14(11-9-13)15-4-1-2-5-16(15)21-25-27-28-26-21/h1-11H,12H2,(H,23,24)(H,29,30)(H,25,26,27,28). The zero-order valence-corrected chi connectivity index (χ0v) is 15.7. The van der Waals surface area contributed by atoms with Crippen LogP contribution in [0.1, 0.15) is 21.7 Å². The minimum Gasteiger partial charge on any atom is -0.478 e. The Labute approximate surface area is 170 Å². The van der Waals surface area contributed by atoms with Crippen molar-refractivity contribution in [2.45, 2.75) is 6.42 Å². The molecule has 0 saturated carbocycles. The predicted molar refractivity (Wildman–Crippen MR) is 111 cm³/mol. The fraction of sp³-hybridized carbons (Fsp3) is 0.0455. The lowest BCUT2D eigenvalue weighted by Crippen LogP contribution is -1.97. The zero-order valence-electron chi connectivity index (χ0n) is 15.7. The molecule has 0 fully saturated rings. The van der Waals surface area contributed by atoms with Gasteiger partial charge in [0.25, 0.3) is 0 Å². The molecule has 5 rings (SSSR count). The van der Waals surface area contributed by atoms with E-state index >= 15 is 0 Å². The Hall–Kier alpha value is -4.33. The van der Waals surface area contributed by atoms with Crippen LogP contribution in [0, 0.1) is 0 Å². The number of tetrazole rings is 1. The number of H-pyrrole nitrogens is 2. The molecule has 0 saturated heterocycles. The third-order valence-corrected chi connectivity index (χ3v) is 4.94. The molecule has 0 aliphatic heterocycles. The van der Waals surface area contributed by atoms with E-state index in [1.54, 1.807) is 12.1 Å². The van der Waals surface area contributed by atoms with Crippen LogP contribution in [0.15, 0.2) is 66.7 Å². The third-order valence-electron chi connectivity index (χ3n) is 4.94. The molecule has 8 heteroatoms. The first-order valence-corrected chi connectivity index (χ1v) is 9.32. The maximum atomic E-state index is 11.4. The van der Waals surface area contributed by atoms with Gasteiger partial charge in [0.15, 0.2) is 0 Å². The van der Waals surface area contributed by atoms with Crippen LogP contribution in [0.25, 0.3) is 33.5 Å². The third kappa shape index (κ3) is 3.20. The number of aromatic nitrogens is 6. The number of carboxylic acid groups (broad SMARTS) is 1. The van der Waals surface area contributed by atoms with Gasteiger partial charge in [-0.1, -0.05) is 54.6 Å². The molecule has 0 spiro atoms. The predicted octanol–water partition coefficient (Wildman–Crippen LogP) is 3.70. The number of nitrogens with one attached hydrogen (secondary N) is 2. The Morgan fingerprint density at radius 3 is 2.47 bits per heavy atom. The van der Waals surface area contributed by atoms with E-state index < -0.39 is 5.97 Å². The lowest BCUT2D eigenvalue weighted by atomic mass is 9.98. The second-order valence-electron chi connectivity index (χ2n) is 6.85. The summed E-state index contributed by atoms with van der Waals surface area (Å²) in [5.41, 5.74) is 5.41. The van der Waals surface area contributed by atoms with Gasteiger partial charge in [-0.3, -0.25) is 0 Å². The second-order valence-corrected chi connectivity index (χ2v) is 6.85. The molecule has 8 nitrogen and oxygen atoms in total. The Bertz CT molecular complexity index is 1340. The maximum absolute atomic E-state index is 11.4. The Kier molecular flexibility index (Phi) is 4.29. The van der Waals surface area contributed by atoms with Gasteiger partial charge in [-0.2, -0.15) is 5.21 Å². The summed E-state index contributed by atoms with van der Waals surface area (Å²) >= 11 is 0. The van der Waals surface area contributed by atoms with Gasteiger partial charge in [0.2, 0.25) is 5.82 Å². The maximum Gasteiger partial charge on any atom is 0.337 e. The summed E-state index contributed by atoms with van der Waals surface area (Å²) in [7, 11) is 0. The number of imidazole rings is 1. The molecule has 2 aromatic heterocycles. The number of aromatic amines is 2. The van der Waals surface area contributed by atoms with Crippen molar-refractivity contribution in [1.29, 1.82) is 0 Å². The fourth-order valence-corrected chi connectivity index (χ4v) is 3.54. The summed E-state index contributed by atoms with van der Waals surface area (Å²) < 4.78 is 0. The largest absolute Gasteiger partial charge is 0.478 e. The van der Waals surface area contributed by atoms with Gasteiger partial charge in [0, 0.05) is 12.0 Å². The van der Waals surface area contributed by atoms with Crippen molar-refractivity contribution in [3.63, 3.8) is 0 Å². The molecular formula is C22H16N6O2. The number of carboxylic acids is 1. The minimum atomic E-state index is -0.983. The number of hydrogen-bond donors (Lipinski definition) is 3. The van der Waals surface area contributed by atoms with E-state index in [0.717, 1.165) is 33.6 Å². The molecule has 3 aromatic carbocycles. The molecule has 0 radical (unpaired) electrons. The minimum absolute atomic E-state index is 0.198. The van der Waals surface area contributed by atoms with Crippen molar-refractivity contribution in [3.8, 4) is 22.5 Å². The average Bonchev–Trinajstić information content (AvgIpc) is 3.43. The van der Waals surface area contributed by atoms with Crippen molar-refractivity contribution in [2.75, 3.05) is 0 Å². The van der Waals surface area contributed by atoms with Crippen LogP contribution in [0.4, 0.5) is 0 Å². The van der Waals surface area contributed by atoms with E-state index in [9.17, 15) is 9.90 Å². The van der Waals surface area contributed by atoms with Crippen LogP contribution in [0.5, 0.6) is 0 Å². The van der Waals surface area contributed by atoms with E-state index in [2.05, 4.69) is 30.6 Å². The SMILES string of the molecule is O=C(O)c1cccc2[nH]c(Cc3ccc(-c4ccccc4-c4nn[nH]n4)cc3)nc12. The van der Waals surface area contributed by atoms with Crippen molar-refractivity contribution < 1.29 is 9.90 Å². The summed E-state index contributed by atoms with van der Waals surface area (Å²) in [5, 5.41) is 23.6. The van der Waals surface area contributed by atoms with E-state index in [4.69, 9.17) is 0 Å². The highest BCUT2D eigenvalue weighted by Gasteiger charge is 2.13. The lowest BCUT2D eigenvalue weighted by Gasteiger charge is -2.07. The number of fused-ring (bicyclic) bond motifs is 1. The van der Waals surface area contributed by atoms with Crippen molar-refractivity contribution in [2.24, 2.45) is 0 Å². The fourth-order valence-electron chi connectivity index (χ4n) is 3.54. The average molecular weight is 396 g/mol. The lowest BCUT2D eigenvalue weighted by molar-refractivity contribution is 0.0699. The Balaban J connectivity index is 1.44. The molecule has 30 heavy (non-hydrogen) atoms. The monoisotopic (exact) mass is 396 g/mol. The summed E-state index contributed by atoms with van der Waals surface area (Å²) in [4.78, 5) is 19.1. The van der Waals surface area contributed by atoms with Gasteiger partial charge in [-0.25, -0.2) is 9.78 Å². The second kappa shape index (κ2) is 7.25. The van der Waals surface area contributed by atoms with Gasteiger partial charge < -0.3 is 10.1 Å². The zero-order chi connectivity index (χ0) is 20.5. The molecule has 146 valence electrons. The van der Waals surface area contributed by atoms with E-state index in [-0.39, 0.29) is 5.56 Å². The number of rotatable bonds is 5. The van der Waals surface area contributed by atoms with Crippen LogP contribution in [0.3, 0.4) is 0 Å². The van der Waals surface area contributed by atoms with E-state index in [1.807, 2.05) is 54.6 Å². The molecule has 5 aromatic rings. The first kappa shape index (κ1) is 17.7. The molecule has 0 aliphatic rings. The highest BCUT2D eigenvalue weighted by atomic mass is 16.4. The normalized spacial score (nSPS) is 11.1. The molecule has 3 N–H and O–H groups in total. The van der Waals surface area contributed by atoms with Gasteiger partial charge in [0.1, 0.15) is 11.3 Å². The molecule has 0 amide bonds. The van der Waals surface area contributed by atoms with Crippen molar-refractivity contribution >= 4 is 17.0 Å². The van der Waals surface area contributed by atoms with Crippen LogP contribution in [-0.2, 0) is 6.42 Å². The first-order valence-electron chi connectivity index (χ1n) is 9.32. The molecule has 2 heterocycles. The van der Waals surface area contributed by atoms with Gasteiger partial charge in [0.05, 0.1) is 11.1 Å². The molecule has 0 atom stereocenters. The highest BCUT2D eigenvalue weighted by Crippen LogP contribution is 2.30. The number of nitrogens with zero attached hydrogens (tertiary/aromatic N) is 4. The van der Waals surface area contributed by atoms with Crippen LogP contribution < -0.4 is 0 Å². The van der Waals surface area contributed by atoms with Crippen molar-refractivity contribution in [3.05, 3.63) is 83.7 Å². The van der Waals surface area contributed by atoms with Crippen molar-refractivity contribution in [1.82, 2.24) is 30.6 Å². The Morgan fingerprint density at radius 1 is 0.933 bits per heavy atom. The molecule has 0 aliphatic carbocycles. The first-order chi connectivity index (χ1) is 14.7. The molecule has 0 unspecified atom stereocenters. The number of para-hydroxylation sites is 1. The van der Waals surface area contributed by atoms with Gasteiger partial charge in [-0.05, 0) is 34.0 Å². The Morgan fingerprint density at radius 2 is 1.73 bits per heavy atom. The van der Waals surface area contributed by atoms with E-state index in [1.165, 1.54) is 0 Å². The van der Waals surface area contributed by atoms with Gasteiger partial charge >= 0.3 is 5.97 Å². The molecular weight excluding hydrogens is 380 g/mol. The summed E-state index contributed by atoms with van der Waals surface area (Å²) in [6.45, 7) is 0. The van der Waals surface area contributed by atoms with Crippen LogP contribution in [-0.4, -0.2) is 41.7 Å². The number of benzene rings is 3. The van der Waals surface area contributed by atoms with E-state index in [0.29, 0.717) is 17.8 Å². The smallest absolute Gasteiger partial charge is 0.337 e. The van der Waals surface area contributed by atoms with Gasteiger partial charge in [-0.15, -0.1) is 10.2 Å². The summed E-state index contributed by atoms with van der Waals surface area (Å²) in [6, 6.07) is 21.2. The number of aromatic carboxylic acids is 1. The number of hydrogen-bond acceptors (Lipinski definition) is 5. The quantitative estimate of drug-likeness (QED) is 0.417. The highest BCUT2D eigenvalue weighted by molar-refractivity contribution is 6.00. The summed E-state index contributed by atoms with van der Waals surface area (Å²) in [5.74, 6) is 0.285.